The van der Waals surface area contributed by atoms with Gasteiger partial charge in [0.1, 0.15) is 5.76 Å². The molecule has 1 aromatic heterocycles. The highest BCUT2D eigenvalue weighted by Gasteiger charge is 2.23. The van der Waals surface area contributed by atoms with Crippen LogP contribution in [0.3, 0.4) is 0 Å². The normalized spacial score (nSPS) is 16.3. The molecule has 0 bridgehead atoms. The van der Waals surface area contributed by atoms with Gasteiger partial charge in [0.25, 0.3) is 5.91 Å². The second kappa shape index (κ2) is 8.53. The molecule has 2 N–H and O–H groups in total. The first-order chi connectivity index (χ1) is 12.7. The van der Waals surface area contributed by atoms with E-state index in [-0.39, 0.29) is 18.0 Å². The second-order valence-electron chi connectivity index (χ2n) is 6.18. The van der Waals surface area contributed by atoms with Crippen LogP contribution in [0, 0.1) is 0 Å². The molecule has 1 aliphatic heterocycles. The summed E-state index contributed by atoms with van der Waals surface area (Å²) in [5.74, 6) is 0.550. The quantitative estimate of drug-likeness (QED) is 0.833. The number of nitrogens with one attached hydrogen (secondary N) is 2. The maximum absolute atomic E-state index is 12.7. The number of benzene rings is 1. The maximum Gasteiger partial charge on any atom is 0.322 e. The molecule has 1 saturated heterocycles. The monoisotopic (exact) mass is 357 g/mol. The molecular weight excluding hydrogens is 334 g/mol. The zero-order valence-corrected chi connectivity index (χ0v) is 14.7. The van der Waals surface area contributed by atoms with Crippen LogP contribution in [0.5, 0.6) is 0 Å². The number of ether oxygens (including phenoxy) is 1. The Morgan fingerprint density at radius 3 is 2.65 bits per heavy atom. The van der Waals surface area contributed by atoms with E-state index in [0.29, 0.717) is 30.1 Å². The average Bonchev–Trinajstić information content (AvgIpc) is 3.35. The van der Waals surface area contributed by atoms with Gasteiger partial charge >= 0.3 is 6.03 Å². The molecule has 2 aromatic rings. The average molecular weight is 357 g/mol. The third-order valence-corrected chi connectivity index (χ3v) is 4.29. The van der Waals surface area contributed by atoms with Crippen molar-refractivity contribution in [1.82, 2.24) is 10.2 Å². The van der Waals surface area contributed by atoms with Crippen LogP contribution in [0.1, 0.15) is 29.0 Å². The Kier molecular flexibility index (Phi) is 5.91. The first-order valence-electron chi connectivity index (χ1n) is 8.68. The number of furan rings is 1. The zero-order valence-electron chi connectivity index (χ0n) is 14.7. The Labute approximate surface area is 152 Å². The van der Waals surface area contributed by atoms with Crippen LogP contribution in [0.2, 0.25) is 0 Å². The van der Waals surface area contributed by atoms with Crippen molar-refractivity contribution in [3.8, 4) is 0 Å². The first kappa shape index (κ1) is 18.0. The molecule has 0 radical (unpaired) electrons. The Hall–Kier alpha value is -2.80. The van der Waals surface area contributed by atoms with E-state index in [1.54, 1.807) is 48.5 Å². The summed E-state index contributed by atoms with van der Waals surface area (Å²) in [4.78, 5) is 26.0. The molecule has 26 heavy (non-hydrogen) atoms. The summed E-state index contributed by atoms with van der Waals surface area (Å²) in [7, 11) is 1.58. The molecule has 1 atom stereocenters. The van der Waals surface area contributed by atoms with Crippen molar-refractivity contribution in [2.75, 3.05) is 25.5 Å². The number of nitrogens with zero attached hydrogens (tertiary/aromatic N) is 1. The minimum Gasteiger partial charge on any atom is -0.467 e. The molecule has 138 valence electrons. The highest BCUT2D eigenvalue weighted by Crippen LogP contribution is 2.17. The standard InChI is InChI=1S/C19H23N3O4/c1-20-18(23)14-6-8-15(9-7-14)21-19(24)22(12-16-4-2-10-25-16)13-17-5-3-11-26-17/h2,4,6-10,17H,3,5,11-13H2,1H3,(H,20,23)(H,21,24). The van der Waals surface area contributed by atoms with Crippen LogP contribution in [-0.4, -0.2) is 43.1 Å². The number of anilines is 1. The predicted octanol–water partition coefficient (Wildman–Crippen LogP) is 2.85. The van der Waals surface area contributed by atoms with Gasteiger partial charge in [-0.15, -0.1) is 0 Å². The van der Waals surface area contributed by atoms with Crippen LogP contribution >= 0.6 is 0 Å². The molecule has 0 saturated carbocycles. The molecule has 0 aliphatic carbocycles. The third-order valence-electron chi connectivity index (χ3n) is 4.29. The number of amides is 3. The lowest BCUT2D eigenvalue weighted by Crippen LogP contribution is -2.39. The summed E-state index contributed by atoms with van der Waals surface area (Å²) in [5.41, 5.74) is 1.16. The van der Waals surface area contributed by atoms with Gasteiger partial charge in [0, 0.05) is 31.5 Å². The smallest absolute Gasteiger partial charge is 0.322 e. The highest BCUT2D eigenvalue weighted by molar-refractivity contribution is 5.95. The van der Waals surface area contributed by atoms with Crippen LogP contribution in [-0.2, 0) is 11.3 Å². The highest BCUT2D eigenvalue weighted by atomic mass is 16.5. The van der Waals surface area contributed by atoms with E-state index in [4.69, 9.17) is 9.15 Å². The van der Waals surface area contributed by atoms with Crippen molar-refractivity contribution >= 4 is 17.6 Å². The number of carbonyl (C=O) groups excluding carboxylic acids is 2. The van der Waals surface area contributed by atoms with Crippen LogP contribution in [0.15, 0.2) is 47.1 Å². The molecule has 2 heterocycles. The maximum atomic E-state index is 12.7. The third kappa shape index (κ3) is 4.64. The zero-order chi connectivity index (χ0) is 18.4. The van der Waals surface area contributed by atoms with Gasteiger partial charge in [-0.3, -0.25) is 4.79 Å². The summed E-state index contributed by atoms with van der Waals surface area (Å²) in [6.07, 6.45) is 3.60. The molecule has 7 heteroatoms. The van der Waals surface area contributed by atoms with E-state index < -0.39 is 0 Å². The van der Waals surface area contributed by atoms with E-state index >= 15 is 0 Å². The Morgan fingerprint density at radius 2 is 2.04 bits per heavy atom. The summed E-state index contributed by atoms with van der Waals surface area (Å²) in [6.45, 7) is 1.61. The van der Waals surface area contributed by atoms with Crippen LogP contribution in [0.4, 0.5) is 10.5 Å². The SMILES string of the molecule is CNC(=O)c1ccc(NC(=O)N(Cc2ccco2)CC2CCCO2)cc1. The first-order valence-corrected chi connectivity index (χ1v) is 8.68. The number of rotatable bonds is 6. The number of urea groups is 1. The lowest BCUT2D eigenvalue weighted by Gasteiger charge is -2.25. The lowest BCUT2D eigenvalue weighted by molar-refractivity contribution is 0.0803. The molecule has 7 nitrogen and oxygen atoms in total. The summed E-state index contributed by atoms with van der Waals surface area (Å²) < 4.78 is 11.0. The Morgan fingerprint density at radius 1 is 1.23 bits per heavy atom. The van der Waals surface area contributed by atoms with Gasteiger partial charge in [-0.2, -0.15) is 0 Å². The lowest BCUT2D eigenvalue weighted by atomic mass is 10.2. The number of hydrogen-bond donors (Lipinski definition) is 2. The van der Waals surface area contributed by atoms with Gasteiger partial charge in [0.15, 0.2) is 0 Å². The Balaban J connectivity index is 1.66. The van der Waals surface area contributed by atoms with E-state index in [2.05, 4.69) is 10.6 Å². The van der Waals surface area contributed by atoms with Gasteiger partial charge in [0.05, 0.1) is 18.9 Å². The van der Waals surface area contributed by atoms with E-state index in [1.807, 2.05) is 6.07 Å². The van der Waals surface area contributed by atoms with Crippen LogP contribution < -0.4 is 10.6 Å². The second-order valence-corrected chi connectivity index (χ2v) is 6.18. The van der Waals surface area contributed by atoms with E-state index in [0.717, 1.165) is 19.4 Å². The molecule has 1 aliphatic rings. The van der Waals surface area contributed by atoms with E-state index in [1.165, 1.54) is 0 Å². The molecule has 0 spiro atoms. The fraction of sp³-hybridized carbons (Fsp3) is 0.368. The molecule has 1 aromatic carbocycles. The summed E-state index contributed by atoms with van der Waals surface area (Å²) in [5, 5.41) is 5.44. The largest absolute Gasteiger partial charge is 0.467 e. The van der Waals surface area contributed by atoms with Crippen molar-refractivity contribution in [3.63, 3.8) is 0 Å². The van der Waals surface area contributed by atoms with Crippen molar-refractivity contribution in [2.24, 2.45) is 0 Å². The topological polar surface area (TPSA) is 83.8 Å². The molecule has 3 rings (SSSR count). The van der Waals surface area contributed by atoms with Crippen molar-refractivity contribution < 1.29 is 18.7 Å². The van der Waals surface area contributed by atoms with Gasteiger partial charge in [-0.05, 0) is 49.2 Å². The van der Waals surface area contributed by atoms with Crippen molar-refractivity contribution in [3.05, 3.63) is 54.0 Å². The number of carbonyl (C=O) groups is 2. The number of hydrogen-bond acceptors (Lipinski definition) is 4. The molecule has 3 amide bonds. The van der Waals surface area contributed by atoms with Crippen molar-refractivity contribution in [2.45, 2.75) is 25.5 Å². The molecule has 1 unspecified atom stereocenters. The summed E-state index contributed by atoms with van der Waals surface area (Å²) in [6, 6.07) is 10.2. The van der Waals surface area contributed by atoms with Gasteiger partial charge < -0.3 is 24.7 Å². The van der Waals surface area contributed by atoms with Gasteiger partial charge in [-0.1, -0.05) is 0 Å². The fourth-order valence-corrected chi connectivity index (χ4v) is 2.90. The van der Waals surface area contributed by atoms with Crippen LogP contribution in [0.25, 0.3) is 0 Å². The minimum atomic E-state index is -0.232. The molecular formula is C19H23N3O4. The van der Waals surface area contributed by atoms with Crippen molar-refractivity contribution in [1.29, 1.82) is 0 Å². The van der Waals surface area contributed by atoms with Gasteiger partial charge in [-0.25, -0.2) is 4.79 Å². The Bertz CT molecular complexity index is 722. The fourth-order valence-electron chi connectivity index (χ4n) is 2.90. The predicted molar refractivity (Wildman–Crippen MR) is 96.9 cm³/mol. The summed E-state index contributed by atoms with van der Waals surface area (Å²) >= 11 is 0. The molecule has 1 fully saturated rings. The minimum absolute atomic E-state index is 0.0475. The van der Waals surface area contributed by atoms with E-state index in [9.17, 15) is 9.59 Å². The van der Waals surface area contributed by atoms with Gasteiger partial charge in [0.2, 0.25) is 0 Å².